The fraction of sp³-hybridized carbons (Fsp3) is 0.556. The van der Waals surface area contributed by atoms with Crippen LogP contribution in [-0.2, 0) is 22.6 Å². The number of ether oxygens (including phenoxy) is 2. The summed E-state index contributed by atoms with van der Waals surface area (Å²) in [6, 6.07) is 3.98. The van der Waals surface area contributed by atoms with E-state index >= 15 is 0 Å². The molecule has 6 heteroatoms. The molecule has 6 nitrogen and oxygen atoms in total. The van der Waals surface area contributed by atoms with Crippen molar-refractivity contribution >= 4 is 11.8 Å². The van der Waals surface area contributed by atoms with Crippen molar-refractivity contribution in [2.75, 3.05) is 13.2 Å². The molecule has 0 radical (unpaired) electrons. The van der Waals surface area contributed by atoms with Crippen LogP contribution in [0.2, 0.25) is 0 Å². The van der Waals surface area contributed by atoms with Crippen molar-refractivity contribution in [1.29, 1.82) is 0 Å². The summed E-state index contributed by atoms with van der Waals surface area (Å²) in [5.41, 5.74) is 2.06. The highest BCUT2D eigenvalue weighted by Gasteiger charge is 2.25. The molecule has 2 N–H and O–H groups in total. The Morgan fingerprint density at radius 2 is 2.29 bits per heavy atom. The Balaban J connectivity index is 1.67. The molecule has 130 valence electrons. The van der Waals surface area contributed by atoms with Gasteiger partial charge >= 0.3 is 0 Å². The second-order valence-corrected chi connectivity index (χ2v) is 6.39. The quantitative estimate of drug-likeness (QED) is 0.858. The lowest BCUT2D eigenvalue weighted by Crippen LogP contribution is -2.42. The zero-order valence-corrected chi connectivity index (χ0v) is 14.2. The van der Waals surface area contributed by atoms with Crippen LogP contribution < -0.4 is 20.1 Å². The van der Waals surface area contributed by atoms with Gasteiger partial charge in [0, 0.05) is 37.1 Å². The van der Waals surface area contributed by atoms with Gasteiger partial charge in [0.05, 0.1) is 12.5 Å². The molecule has 1 aromatic rings. The summed E-state index contributed by atoms with van der Waals surface area (Å²) < 4.78 is 11.5. The normalized spacial score (nSPS) is 22.3. The van der Waals surface area contributed by atoms with E-state index in [1.54, 1.807) is 0 Å². The van der Waals surface area contributed by atoms with Gasteiger partial charge in [-0.15, -0.1) is 0 Å². The Kier molecular flexibility index (Phi) is 4.92. The number of nitrogens with one attached hydrogen (secondary N) is 2. The molecule has 1 saturated heterocycles. The molecule has 2 aliphatic rings. The topological polar surface area (TPSA) is 76.7 Å². The molecule has 0 aliphatic carbocycles. The largest absolute Gasteiger partial charge is 0.494 e. The van der Waals surface area contributed by atoms with E-state index in [1.807, 2.05) is 26.0 Å². The van der Waals surface area contributed by atoms with Gasteiger partial charge in [-0.25, -0.2) is 0 Å². The molecular formula is C18H24N2O4. The fourth-order valence-corrected chi connectivity index (χ4v) is 3.19. The molecule has 0 bridgehead atoms. The second kappa shape index (κ2) is 7.11. The number of piperidine rings is 1. The molecule has 2 amide bonds. The first-order chi connectivity index (χ1) is 11.6. The molecule has 1 fully saturated rings. The van der Waals surface area contributed by atoms with Crippen LogP contribution in [0.1, 0.15) is 37.8 Å². The summed E-state index contributed by atoms with van der Waals surface area (Å²) >= 11 is 0. The van der Waals surface area contributed by atoms with E-state index < -0.39 is 0 Å². The number of hydrogen-bond donors (Lipinski definition) is 2. The third-order valence-corrected chi connectivity index (χ3v) is 4.47. The maximum atomic E-state index is 12.3. The summed E-state index contributed by atoms with van der Waals surface area (Å²) in [5, 5.41) is 5.70. The number of rotatable bonds is 5. The highest BCUT2D eigenvalue weighted by Crippen LogP contribution is 2.35. The van der Waals surface area contributed by atoms with Crippen LogP contribution in [0.25, 0.3) is 0 Å². The van der Waals surface area contributed by atoms with Gasteiger partial charge in [0.1, 0.15) is 17.6 Å². The number of fused-ring (bicyclic) bond motifs is 1. The van der Waals surface area contributed by atoms with Crippen molar-refractivity contribution in [2.45, 2.75) is 45.8 Å². The maximum Gasteiger partial charge on any atom is 0.225 e. The third kappa shape index (κ3) is 3.63. The first-order valence-electron chi connectivity index (χ1n) is 8.56. The summed E-state index contributed by atoms with van der Waals surface area (Å²) in [5.74, 6) is 1.49. The SMILES string of the molecule is CCOc1cc2c(cc1CNC(=O)[C@H]1CCC(=O)NC1)O[C@H](C)C2. The van der Waals surface area contributed by atoms with Crippen molar-refractivity contribution in [2.24, 2.45) is 5.92 Å². The number of carbonyl (C=O) groups excluding carboxylic acids is 2. The number of amides is 2. The lowest BCUT2D eigenvalue weighted by Gasteiger charge is -2.22. The van der Waals surface area contributed by atoms with E-state index in [1.165, 1.54) is 0 Å². The first-order valence-corrected chi connectivity index (χ1v) is 8.56. The molecule has 2 aliphatic heterocycles. The number of hydrogen-bond acceptors (Lipinski definition) is 4. The van der Waals surface area contributed by atoms with Gasteiger partial charge in [-0.2, -0.15) is 0 Å². The predicted molar refractivity (Wildman–Crippen MR) is 89.0 cm³/mol. The van der Waals surface area contributed by atoms with E-state index in [9.17, 15) is 9.59 Å². The van der Waals surface area contributed by atoms with Crippen LogP contribution in [0, 0.1) is 5.92 Å². The second-order valence-electron chi connectivity index (χ2n) is 6.39. The Morgan fingerprint density at radius 3 is 3.00 bits per heavy atom. The van der Waals surface area contributed by atoms with E-state index in [2.05, 4.69) is 10.6 Å². The van der Waals surface area contributed by atoms with Gasteiger partial charge in [-0.05, 0) is 32.4 Å². The average molecular weight is 332 g/mol. The van der Waals surface area contributed by atoms with Crippen molar-refractivity contribution in [3.05, 3.63) is 23.3 Å². The van der Waals surface area contributed by atoms with Crippen LogP contribution >= 0.6 is 0 Å². The average Bonchev–Trinajstić information content (AvgIpc) is 2.92. The van der Waals surface area contributed by atoms with Gasteiger partial charge in [0.15, 0.2) is 0 Å². The van der Waals surface area contributed by atoms with E-state index in [0.717, 1.165) is 29.0 Å². The zero-order valence-electron chi connectivity index (χ0n) is 14.2. The van der Waals surface area contributed by atoms with Gasteiger partial charge in [-0.1, -0.05) is 0 Å². The van der Waals surface area contributed by atoms with Crippen LogP contribution in [-0.4, -0.2) is 31.1 Å². The Morgan fingerprint density at radius 1 is 1.46 bits per heavy atom. The molecular weight excluding hydrogens is 308 g/mol. The van der Waals surface area contributed by atoms with E-state index in [-0.39, 0.29) is 23.8 Å². The van der Waals surface area contributed by atoms with Crippen LogP contribution in [0.4, 0.5) is 0 Å². The lowest BCUT2D eigenvalue weighted by atomic mass is 9.98. The van der Waals surface area contributed by atoms with Crippen molar-refractivity contribution in [3.63, 3.8) is 0 Å². The fourth-order valence-electron chi connectivity index (χ4n) is 3.19. The summed E-state index contributed by atoms with van der Waals surface area (Å²) in [4.78, 5) is 23.5. The molecule has 3 rings (SSSR count). The maximum absolute atomic E-state index is 12.3. The molecule has 0 saturated carbocycles. The monoisotopic (exact) mass is 332 g/mol. The lowest BCUT2D eigenvalue weighted by molar-refractivity contribution is -0.129. The van der Waals surface area contributed by atoms with Crippen molar-refractivity contribution < 1.29 is 19.1 Å². The standard InChI is InChI=1S/C18H24N2O4/c1-3-23-15-7-13-6-11(2)24-16(13)8-14(15)10-20-18(22)12-4-5-17(21)19-9-12/h7-8,11-12H,3-6,9-10H2,1-2H3,(H,19,21)(H,20,22)/t11-,12+/m1/s1. The summed E-state index contributed by atoms with van der Waals surface area (Å²) in [6.07, 6.45) is 2.06. The van der Waals surface area contributed by atoms with Crippen molar-refractivity contribution in [1.82, 2.24) is 10.6 Å². The highest BCUT2D eigenvalue weighted by atomic mass is 16.5. The van der Waals surface area contributed by atoms with Gasteiger partial charge in [0.2, 0.25) is 11.8 Å². The Labute approximate surface area is 141 Å². The van der Waals surface area contributed by atoms with Crippen molar-refractivity contribution in [3.8, 4) is 11.5 Å². The van der Waals surface area contributed by atoms with Gasteiger partial charge in [-0.3, -0.25) is 9.59 Å². The minimum atomic E-state index is -0.163. The minimum Gasteiger partial charge on any atom is -0.494 e. The summed E-state index contributed by atoms with van der Waals surface area (Å²) in [6.45, 7) is 5.36. The third-order valence-electron chi connectivity index (χ3n) is 4.47. The molecule has 0 unspecified atom stereocenters. The molecule has 24 heavy (non-hydrogen) atoms. The summed E-state index contributed by atoms with van der Waals surface area (Å²) in [7, 11) is 0. The van der Waals surface area contributed by atoms with Crippen LogP contribution in [0.5, 0.6) is 11.5 Å². The molecule has 0 spiro atoms. The van der Waals surface area contributed by atoms with Crippen LogP contribution in [0.3, 0.4) is 0 Å². The highest BCUT2D eigenvalue weighted by molar-refractivity contribution is 5.83. The Bertz CT molecular complexity index is 634. The number of benzene rings is 1. The van der Waals surface area contributed by atoms with Gasteiger partial charge in [0.25, 0.3) is 0 Å². The first kappa shape index (κ1) is 16.6. The smallest absolute Gasteiger partial charge is 0.225 e. The minimum absolute atomic E-state index is 0.0163. The van der Waals surface area contributed by atoms with E-state index in [0.29, 0.717) is 32.5 Å². The molecule has 0 aromatic heterocycles. The van der Waals surface area contributed by atoms with Gasteiger partial charge < -0.3 is 20.1 Å². The molecule has 2 atom stereocenters. The number of carbonyl (C=O) groups is 2. The Hall–Kier alpha value is -2.24. The molecule has 2 heterocycles. The van der Waals surface area contributed by atoms with Crippen LogP contribution in [0.15, 0.2) is 12.1 Å². The zero-order chi connectivity index (χ0) is 17.1. The van der Waals surface area contributed by atoms with E-state index in [4.69, 9.17) is 9.47 Å². The predicted octanol–water partition coefficient (Wildman–Crippen LogP) is 1.55. The molecule has 1 aromatic carbocycles.